The molecule has 1 aromatic carbocycles. The fourth-order valence-corrected chi connectivity index (χ4v) is 1.78. The van der Waals surface area contributed by atoms with E-state index < -0.39 is 6.03 Å². The van der Waals surface area contributed by atoms with Crippen LogP contribution in [0, 0.1) is 0 Å². The molecule has 0 spiro atoms. The predicted octanol–water partition coefficient (Wildman–Crippen LogP) is 1.06. The number of rotatable bonds is 6. The number of urea groups is 1. The van der Waals surface area contributed by atoms with E-state index in [4.69, 9.17) is 10.3 Å². The van der Waals surface area contributed by atoms with E-state index in [1.54, 1.807) is 0 Å². The van der Waals surface area contributed by atoms with Crippen molar-refractivity contribution in [3.63, 3.8) is 0 Å². The molecule has 0 saturated heterocycles. The van der Waals surface area contributed by atoms with Crippen molar-refractivity contribution in [3.8, 4) is 11.5 Å². The summed E-state index contributed by atoms with van der Waals surface area (Å²) in [4.78, 5) is 15.0. The van der Waals surface area contributed by atoms with Crippen LogP contribution >= 0.6 is 0 Å². The van der Waals surface area contributed by atoms with Crippen LogP contribution in [0.15, 0.2) is 28.8 Å². The summed E-state index contributed by atoms with van der Waals surface area (Å²) in [5.74, 6) is 1.16. The molecule has 0 aliphatic rings. The molecule has 1 aromatic heterocycles. The Hall–Kier alpha value is -2.41. The van der Waals surface area contributed by atoms with Crippen molar-refractivity contribution in [2.24, 2.45) is 5.73 Å². The molecule has 0 aliphatic carbocycles. The lowest BCUT2D eigenvalue weighted by Crippen LogP contribution is -2.28. The Morgan fingerprint density at radius 2 is 2.10 bits per heavy atom. The zero-order valence-corrected chi connectivity index (χ0v) is 12.1. The number of amides is 2. The van der Waals surface area contributed by atoms with Gasteiger partial charge < -0.3 is 20.9 Å². The summed E-state index contributed by atoms with van der Waals surface area (Å²) in [5, 5.41) is 9.62. The maximum absolute atomic E-state index is 10.6. The van der Waals surface area contributed by atoms with Gasteiger partial charge in [0.05, 0.1) is 0 Å². The lowest BCUT2D eigenvalue weighted by molar-refractivity contribution is 0.248. The standard InChI is InChI=1S/C14H19N5O2/c1-9(16-2)7-12-18-13(21-19-12)11-5-3-10(4-6-11)8-17-14(15)20/h3-6,9,16H,7-8H2,1-2H3,(H3,15,17,20). The van der Waals surface area contributed by atoms with Crippen LogP contribution < -0.4 is 16.4 Å². The molecule has 2 rings (SSSR count). The number of carbonyl (C=O) groups is 1. The molecule has 0 aliphatic heterocycles. The smallest absolute Gasteiger partial charge is 0.312 e. The molecule has 1 unspecified atom stereocenters. The number of hydrogen-bond donors (Lipinski definition) is 3. The predicted molar refractivity (Wildman–Crippen MR) is 78.4 cm³/mol. The van der Waals surface area contributed by atoms with Gasteiger partial charge >= 0.3 is 6.03 Å². The summed E-state index contributed by atoms with van der Waals surface area (Å²) >= 11 is 0. The Morgan fingerprint density at radius 3 is 2.71 bits per heavy atom. The number of nitrogens with zero attached hydrogens (tertiary/aromatic N) is 2. The van der Waals surface area contributed by atoms with Gasteiger partial charge in [0.25, 0.3) is 5.89 Å². The molecule has 1 atom stereocenters. The number of benzene rings is 1. The summed E-state index contributed by atoms with van der Waals surface area (Å²) < 4.78 is 5.26. The third-order valence-electron chi connectivity index (χ3n) is 3.12. The normalized spacial score (nSPS) is 12.1. The van der Waals surface area contributed by atoms with Gasteiger partial charge in [-0.3, -0.25) is 0 Å². The minimum Gasteiger partial charge on any atom is -0.352 e. The number of aromatic nitrogens is 2. The van der Waals surface area contributed by atoms with Crippen molar-refractivity contribution >= 4 is 6.03 Å². The summed E-state index contributed by atoms with van der Waals surface area (Å²) in [7, 11) is 1.89. The molecule has 0 saturated carbocycles. The number of hydrogen-bond acceptors (Lipinski definition) is 5. The second kappa shape index (κ2) is 6.85. The second-order valence-corrected chi connectivity index (χ2v) is 4.82. The van der Waals surface area contributed by atoms with Crippen molar-refractivity contribution < 1.29 is 9.32 Å². The molecule has 0 radical (unpaired) electrons. The first-order valence-corrected chi connectivity index (χ1v) is 6.71. The first-order chi connectivity index (χ1) is 10.1. The monoisotopic (exact) mass is 289 g/mol. The molecule has 4 N–H and O–H groups in total. The van der Waals surface area contributed by atoms with Crippen LogP contribution in [-0.2, 0) is 13.0 Å². The fraction of sp³-hybridized carbons (Fsp3) is 0.357. The van der Waals surface area contributed by atoms with Crippen molar-refractivity contribution in [2.45, 2.75) is 25.9 Å². The van der Waals surface area contributed by atoms with Crippen LogP contribution in [0.4, 0.5) is 4.79 Å². The van der Waals surface area contributed by atoms with E-state index in [1.165, 1.54) is 0 Å². The van der Waals surface area contributed by atoms with Gasteiger partial charge in [0.2, 0.25) is 0 Å². The second-order valence-electron chi connectivity index (χ2n) is 4.82. The molecule has 112 valence electrons. The lowest BCUT2D eigenvalue weighted by Gasteiger charge is -2.04. The van der Waals surface area contributed by atoms with Crippen LogP contribution in [0.5, 0.6) is 0 Å². The summed E-state index contributed by atoms with van der Waals surface area (Å²) in [6, 6.07) is 7.25. The SMILES string of the molecule is CNC(C)Cc1noc(-c2ccc(CNC(N)=O)cc2)n1. The zero-order chi connectivity index (χ0) is 15.2. The van der Waals surface area contributed by atoms with Gasteiger partial charge in [-0.2, -0.15) is 4.98 Å². The number of carbonyl (C=O) groups excluding carboxylic acids is 1. The maximum atomic E-state index is 10.6. The molecular formula is C14H19N5O2. The molecule has 0 fully saturated rings. The van der Waals surface area contributed by atoms with Crippen LogP contribution in [0.1, 0.15) is 18.3 Å². The van der Waals surface area contributed by atoms with E-state index in [-0.39, 0.29) is 6.04 Å². The van der Waals surface area contributed by atoms with Crippen molar-refractivity contribution in [2.75, 3.05) is 7.05 Å². The number of primary amides is 1. The largest absolute Gasteiger partial charge is 0.352 e. The van der Waals surface area contributed by atoms with E-state index in [9.17, 15) is 4.79 Å². The zero-order valence-electron chi connectivity index (χ0n) is 12.1. The van der Waals surface area contributed by atoms with Crippen molar-refractivity contribution in [3.05, 3.63) is 35.7 Å². The number of likely N-dealkylation sites (N-methyl/N-ethyl adjacent to an activating group) is 1. The van der Waals surface area contributed by atoms with E-state index in [0.717, 1.165) is 11.1 Å². The third kappa shape index (κ3) is 4.28. The first kappa shape index (κ1) is 15.0. The quantitative estimate of drug-likeness (QED) is 0.737. The van der Waals surface area contributed by atoms with Crippen LogP contribution in [0.3, 0.4) is 0 Å². The molecule has 0 bridgehead atoms. The molecule has 7 nitrogen and oxygen atoms in total. The Labute approximate surface area is 122 Å². The topological polar surface area (TPSA) is 106 Å². The highest BCUT2D eigenvalue weighted by atomic mass is 16.5. The summed E-state index contributed by atoms with van der Waals surface area (Å²) in [5.41, 5.74) is 6.81. The fourth-order valence-electron chi connectivity index (χ4n) is 1.78. The molecule has 7 heteroatoms. The molecule has 1 heterocycles. The summed E-state index contributed by atoms with van der Waals surface area (Å²) in [6.07, 6.45) is 0.709. The van der Waals surface area contributed by atoms with E-state index >= 15 is 0 Å². The first-order valence-electron chi connectivity index (χ1n) is 6.71. The molecule has 2 aromatic rings. The van der Waals surface area contributed by atoms with E-state index in [1.807, 2.05) is 31.3 Å². The third-order valence-corrected chi connectivity index (χ3v) is 3.12. The highest BCUT2D eigenvalue weighted by molar-refractivity contribution is 5.71. The van der Waals surface area contributed by atoms with Gasteiger partial charge in [-0.25, -0.2) is 4.79 Å². The van der Waals surface area contributed by atoms with Crippen LogP contribution in [0.2, 0.25) is 0 Å². The average molecular weight is 289 g/mol. The minimum absolute atomic E-state index is 0.290. The maximum Gasteiger partial charge on any atom is 0.312 e. The van der Waals surface area contributed by atoms with Crippen LogP contribution in [-0.4, -0.2) is 29.3 Å². The Bertz CT molecular complexity index is 594. The van der Waals surface area contributed by atoms with Gasteiger partial charge in [-0.1, -0.05) is 17.3 Å². The highest BCUT2D eigenvalue weighted by Gasteiger charge is 2.11. The number of nitrogens with two attached hydrogens (primary N) is 1. The van der Waals surface area contributed by atoms with Gasteiger partial charge in [-0.05, 0) is 31.7 Å². The van der Waals surface area contributed by atoms with E-state index in [2.05, 4.69) is 27.7 Å². The van der Waals surface area contributed by atoms with Gasteiger partial charge in [0.15, 0.2) is 5.82 Å². The Balaban J connectivity index is 2.03. The molecule has 21 heavy (non-hydrogen) atoms. The molecule has 2 amide bonds. The Kier molecular flexibility index (Phi) is 4.89. The molecular weight excluding hydrogens is 270 g/mol. The van der Waals surface area contributed by atoms with Crippen molar-refractivity contribution in [1.82, 2.24) is 20.8 Å². The minimum atomic E-state index is -0.542. The van der Waals surface area contributed by atoms with Crippen LogP contribution in [0.25, 0.3) is 11.5 Å². The average Bonchev–Trinajstić information content (AvgIpc) is 2.94. The van der Waals surface area contributed by atoms with Gasteiger partial charge in [-0.15, -0.1) is 0 Å². The number of nitrogens with one attached hydrogen (secondary N) is 2. The lowest BCUT2D eigenvalue weighted by atomic mass is 10.1. The van der Waals surface area contributed by atoms with Gasteiger partial charge in [0, 0.05) is 24.6 Å². The highest BCUT2D eigenvalue weighted by Crippen LogP contribution is 2.18. The Morgan fingerprint density at radius 1 is 1.38 bits per heavy atom. The summed E-state index contributed by atoms with van der Waals surface area (Å²) in [6.45, 7) is 2.45. The van der Waals surface area contributed by atoms with Gasteiger partial charge in [0.1, 0.15) is 0 Å². The van der Waals surface area contributed by atoms with Crippen molar-refractivity contribution in [1.29, 1.82) is 0 Å². The van der Waals surface area contributed by atoms with E-state index in [0.29, 0.717) is 24.7 Å².